The molecule has 2 aromatic carbocycles. The van der Waals surface area contributed by atoms with Crippen molar-refractivity contribution < 1.29 is 18.8 Å². The van der Waals surface area contributed by atoms with Crippen molar-refractivity contribution >= 4 is 45.9 Å². The highest BCUT2D eigenvalue weighted by molar-refractivity contribution is 6.01. The summed E-state index contributed by atoms with van der Waals surface area (Å²) in [6, 6.07) is 22.6. The van der Waals surface area contributed by atoms with Crippen LogP contribution in [0.3, 0.4) is 0 Å². The fourth-order valence-electron chi connectivity index (χ4n) is 9.91. The van der Waals surface area contributed by atoms with Gasteiger partial charge in [0.1, 0.15) is 29.4 Å². The summed E-state index contributed by atoms with van der Waals surface area (Å²) in [5.41, 5.74) is 13.0. The van der Waals surface area contributed by atoms with Crippen LogP contribution < -0.4 is 21.3 Å². The highest BCUT2D eigenvalue weighted by atomic mass is 19.1. The molecule has 3 amide bonds. The third-order valence-corrected chi connectivity index (χ3v) is 13.6. The molecule has 3 aromatic heterocycles. The number of nitriles is 1. The zero-order chi connectivity index (χ0) is 43.6. The van der Waals surface area contributed by atoms with Crippen molar-refractivity contribution in [1.29, 1.82) is 5.26 Å². The molecular weight excluding hydrogens is 798 g/mol. The largest absolute Gasteiger partial charge is 0.384 e. The normalized spacial score (nSPS) is 19.6. The first-order valence-electron chi connectivity index (χ1n) is 22.2. The summed E-state index contributed by atoms with van der Waals surface area (Å²) in [5.74, 6) is 0.397. The molecule has 1 unspecified atom stereocenters. The molecule has 4 saturated heterocycles. The maximum absolute atomic E-state index is 15.2. The lowest BCUT2D eigenvalue weighted by Crippen LogP contribution is -2.49. The number of hydrogen-bond donors (Lipinski definition) is 3. The number of nitrogens with one attached hydrogen (secondary N) is 2. The molecule has 0 radical (unpaired) electrons. The molecule has 1 atom stereocenters. The number of nitrogen functional groups attached to an aromatic ring is 1. The number of halogens is 1. The van der Waals surface area contributed by atoms with Gasteiger partial charge in [0.2, 0.25) is 11.8 Å². The number of carbonyl (C=O) groups is 3. The molecule has 0 saturated carbocycles. The number of aromatic nitrogens is 3. The summed E-state index contributed by atoms with van der Waals surface area (Å²) >= 11 is 0. The zero-order valence-corrected chi connectivity index (χ0v) is 35.7. The van der Waals surface area contributed by atoms with Crippen LogP contribution in [-0.4, -0.2) is 112 Å². The predicted molar refractivity (Wildman–Crippen MR) is 240 cm³/mol. The van der Waals surface area contributed by atoms with E-state index in [4.69, 9.17) is 5.73 Å². The van der Waals surface area contributed by atoms with Gasteiger partial charge in [-0.25, -0.2) is 14.4 Å². The van der Waals surface area contributed by atoms with E-state index in [1.54, 1.807) is 24.4 Å². The average Bonchev–Trinajstić information content (AvgIpc) is 3.62. The monoisotopic (exact) mass is 851 g/mol. The maximum atomic E-state index is 15.2. The Labute approximate surface area is 366 Å². The van der Waals surface area contributed by atoms with E-state index < -0.39 is 6.04 Å². The Balaban J connectivity index is 0.713. The smallest absolute Gasteiger partial charge is 0.253 e. The van der Waals surface area contributed by atoms with E-state index in [2.05, 4.69) is 64.1 Å². The number of rotatable bonds is 10. The number of carbonyl (C=O) groups excluding carboxylic acids is 3. The molecular formula is C48H54FN11O3. The van der Waals surface area contributed by atoms with Crippen molar-refractivity contribution in [3.05, 3.63) is 101 Å². The van der Waals surface area contributed by atoms with E-state index in [-0.39, 0.29) is 30.0 Å². The Morgan fingerprint density at radius 2 is 1.65 bits per heavy atom. The first kappa shape index (κ1) is 42.0. The van der Waals surface area contributed by atoms with E-state index in [1.807, 2.05) is 36.2 Å². The van der Waals surface area contributed by atoms with Crippen molar-refractivity contribution in [3.8, 4) is 17.2 Å². The molecule has 5 aromatic rings. The van der Waals surface area contributed by atoms with Crippen LogP contribution in [-0.2, 0) is 23.2 Å². The Bertz CT molecular complexity index is 2550. The van der Waals surface area contributed by atoms with Gasteiger partial charge in [0.05, 0.1) is 5.69 Å². The predicted octanol–water partition coefficient (Wildman–Crippen LogP) is 5.50. The summed E-state index contributed by atoms with van der Waals surface area (Å²) in [7, 11) is 2.05. The standard InChI is InChI=1S/C48H54FN11O3/c1-56-36(27-39-37(12-17-52-46(39)56)38-7-10-44(51)54-42(38)28-50)30-57-18-15-33(16-19-57)32-2-4-34(5-3-32)48(63)60-20-13-31(14-21-60)29-58-22-24-59(25-23-58)43-9-6-35(26-40(43)49)53-41-8-11-45(61)55-47(41)62/h2-7,9-10,12,17,26-27,31,33,41,53H,8,11,13-16,18-25,29-30H2,1H3,(H2,51,54)(H,55,61,62). The van der Waals surface area contributed by atoms with Crippen LogP contribution in [0.25, 0.3) is 22.2 Å². The lowest BCUT2D eigenvalue weighted by Gasteiger charge is -2.39. The molecule has 14 nitrogen and oxygen atoms in total. The maximum Gasteiger partial charge on any atom is 0.253 e. The van der Waals surface area contributed by atoms with Gasteiger partial charge in [-0.1, -0.05) is 12.1 Å². The van der Waals surface area contributed by atoms with Crippen LogP contribution in [0.4, 0.5) is 21.6 Å². The van der Waals surface area contributed by atoms with Gasteiger partial charge in [-0.3, -0.25) is 29.5 Å². The van der Waals surface area contributed by atoms with Crippen molar-refractivity contribution in [1.82, 2.24) is 34.6 Å². The lowest BCUT2D eigenvalue weighted by molar-refractivity contribution is -0.133. The van der Waals surface area contributed by atoms with E-state index in [0.29, 0.717) is 41.1 Å². The number of nitrogens with zero attached hydrogens (tertiary/aromatic N) is 8. The number of pyridine rings is 2. The molecule has 0 aliphatic carbocycles. The Kier molecular flexibility index (Phi) is 12.1. The lowest BCUT2D eigenvalue weighted by atomic mass is 9.88. The third kappa shape index (κ3) is 9.10. The van der Waals surface area contributed by atoms with Gasteiger partial charge >= 0.3 is 0 Å². The van der Waals surface area contributed by atoms with Crippen LogP contribution in [0.5, 0.6) is 0 Å². The summed E-state index contributed by atoms with van der Waals surface area (Å²) < 4.78 is 17.4. The van der Waals surface area contributed by atoms with E-state index in [0.717, 1.165) is 125 Å². The number of piperazine rings is 1. The van der Waals surface area contributed by atoms with Crippen LogP contribution in [0.15, 0.2) is 72.9 Å². The van der Waals surface area contributed by atoms with Gasteiger partial charge < -0.3 is 25.4 Å². The molecule has 4 fully saturated rings. The third-order valence-electron chi connectivity index (χ3n) is 13.6. The summed E-state index contributed by atoms with van der Waals surface area (Å²) in [4.78, 5) is 55.1. The van der Waals surface area contributed by atoms with Crippen LogP contribution >= 0.6 is 0 Å². The minimum absolute atomic E-state index is 0.105. The number of imide groups is 1. The highest BCUT2D eigenvalue weighted by Gasteiger charge is 2.30. The van der Waals surface area contributed by atoms with Crippen LogP contribution in [0.1, 0.15) is 71.8 Å². The number of anilines is 3. The topological polar surface area (TPSA) is 169 Å². The van der Waals surface area contributed by atoms with Gasteiger partial charge in [0.15, 0.2) is 5.69 Å². The van der Waals surface area contributed by atoms with Crippen molar-refractivity contribution in [2.75, 3.05) is 74.9 Å². The molecule has 4 N–H and O–H groups in total. The number of benzene rings is 2. The number of piperidine rings is 3. The minimum Gasteiger partial charge on any atom is -0.384 e. The van der Waals surface area contributed by atoms with Crippen molar-refractivity contribution in [3.63, 3.8) is 0 Å². The van der Waals surface area contributed by atoms with Crippen molar-refractivity contribution in [2.24, 2.45) is 13.0 Å². The summed E-state index contributed by atoms with van der Waals surface area (Å²) in [6.45, 7) is 8.37. The molecule has 0 spiro atoms. The van der Waals surface area contributed by atoms with E-state index in [1.165, 1.54) is 11.6 Å². The quantitative estimate of drug-likeness (QED) is 0.152. The van der Waals surface area contributed by atoms with Crippen LogP contribution in [0, 0.1) is 23.1 Å². The number of amides is 3. The van der Waals surface area contributed by atoms with E-state index >= 15 is 4.39 Å². The summed E-state index contributed by atoms with van der Waals surface area (Å²) in [5, 5.41) is 16.1. The second-order valence-electron chi connectivity index (χ2n) is 17.5. The molecule has 7 heterocycles. The van der Waals surface area contributed by atoms with Crippen LogP contribution in [0.2, 0.25) is 0 Å². The molecule has 0 bridgehead atoms. The van der Waals surface area contributed by atoms with Gasteiger partial charge in [0.25, 0.3) is 5.91 Å². The molecule has 4 aliphatic rings. The first-order chi connectivity index (χ1) is 30.6. The fraction of sp³-hybridized carbons (Fsp3) is 0.417. The number of hydrogen-bond acceptors (Lipinski definition) is 11. The van der Waals surface area contributed by atoms with Gasteiger partial charge in [-0.05, 0) is 123 Å². The average molecular weight is 852 g/mol. The Morgan fingerprint density at radius 3 is 2.37 bits per heavy atom. The number of nitrogens with two attached hydrogens (primary N) is 1. The van der Waals surface area contributed by atoms with Gasteiger partial charge in [-0.2, -0.15) is 5.26 Å². The SMILES string of the molecule is Cn1c(CN2CCC(c3ccc(C(=O)N4CCC(CN5CCN(c6ccc(NC7CCC(=O)NC7=O)cc6F)CC5)CC4)cc3)CC2)cc2c(-c3ccc(N)nc3C#N)ccnc21. The second kappa shape index (κ2) is 18.2. The number of likely N-dealkylation sites (tertiary alicyclic amines) is 2. The molecule has 326 valence electrons. The zero-order valence-electron chi connectivity index (χ0n) is 35.7. The second-order valence-corrected chi connectivity index (χ2v) is 17.5. The molecule has 15 heteroatoms. The fourth-order valence-corrected chi connectivity index (χ4v) is 9.91. The Hall–Kier alpha value is -6.37. The molecule has 9 rings (SSSR count). The molecule has 63 heavy (non-hydrogen) atoms. The van der Waals surface area contributed by atoms with Crippen molar-refractivity contribution in [2.45, 2.75) is 57.0 Å². The molecule has 4 aliphatic heterocycles. The number of fused-ring (bicyclic) bond motifs is 1. The number of aryl methyl sites for hydroxylation is 1. The van der Waals surface area contributed by atoms with E-state index in [9.17, 15) is 19.6 Å². The van der Waals surface area contributed by atoms with Gasteiger partial charge in [0, 0.05) is 99.9 Å². The van der Waals surface area contributed by atoms with Gasteiger partial charge in [-0.15, -0.1) is 0 Å². The minimum atomic E-state index is -0.554. The summed E-state index contributed by atoms with van der Waals surface area (Å²) in [6.07, 6.45) is 6.45. The Morgan fingerprint density at radius 1 is 0.889 bits per heavy atom. The first-order valence-corrected chi connectivity index (χ1v) is 22.2. The highest BCUT2D eigenvalue weighted by Crippen LogP contribution is 2.34.